The minimum Gasteiger partial charge on any atom is -0.271 e. The fourth-order valence-corrected chi connectivity index (χ4v) is 3.14. The summed E-state index contributed by atoms with van der Waals surface area (Å²) in [5.74, 6) is 5.55. The Morgan fingerprint density at radius 2 is 1.80 bits per heavy atom. The summed E-state index contributed by atoms with van der Waals surface area (Å²) in [5, 5.41) is 1.75. The van der Waals surface area contributed by atoms with Gasteiger partial charge in [0.2, 0.25) is 0 Å². The van der Waals surface area contributed by atoms with Crippen LogP contribution in [0.3, 0.4) is 0 Å². The van der Waals surface area contributed by atoms with Crippen LogP contribution in [0.2, 0.25) is 0 Å². The maximum absolute atomic E-state index is 11.7. The third kappa shape index (κ3) is 3.17. The van der Waals surface area contributed by atoms with Gasteiger partial charge in [-0.15, -0.1) is 0 Å². The molecule has 5 heteroatoms. The summed E-state index contributed by atoms with van der Waals surface area (Å²) < 4.78 is 23.4. The molecule has 0 aliphatic carbocycles. The molecule has 2 atom stereocenters. The Morgan fingerprint density at radius 3 is 2.45 bits per heavy atom. The summed E-state index contributed by atoms with van der Waals surface area (Å²) in [4.78, 5) is 0. The average molecular weight is 292 g/mol. The summed E-state index contributed by atoms with van der Waals surface area (Å²) in [6.45, 7) is 1.69. The molecule has 2 unspecified atom stereocenters. The van der Waals surface area contributed by atoms with Gasteiger partial charge in [0.15, 0.2) is 9.84 Å². The van der Waals surface area contributed by atoms with E-state index < -0.39 is 15.1 Å². The number of fused-ring (bicyclic) bond motifs is 1. The quantitative estimate of drug-likeness (QED) is 0.649. The predicted octanol–water partition coefficient (Wildman–Crippen LogP) is 1.65. The summed E-state index contributed by atoms with van der Waals surface area (Å²) in [6, 6.07) is 13.8. The van der Waals surface area contributed by atoms with Gasteiger partial charge in [0.05, 0.1) is 5.25 Å². The predicted molar refractivity (Wildman–Crippen MR) is 83.1 cm³/mol. The smallest absolute Gasteiger partial charge is 0.151 e. The van der Waals surface area contributed by atoms with Crippen LogP contribution in [0.4, 0.5) is 0 Å². The maximum atomic E-state index is 11.7. The van der Waals surface area contributed by atoms with E-state index in [2.05, 4.69) is 5.43 Å². The number of nitrogens with two attached hydrogens (primary N) is 1. The lowest BCUT2D eigenvalue weighted by Gasteiger charge is -2.22. The van der Waals surface area contributed by atoms with E-state index in [1.165, 1.54) is 6.26 Å². The number of benzene rings is 2. The van der Waals surface area contributed by atoms with Gasteiger partial charge in [-0.3, -0.25) is 11.3 Å². The fourth-order valence-electron chi connectivity index (χ4n) is 2.37. The van der Waals surface area contributed by atoms with Gasteiger partial charge in [-0.05, 0) is 29.7 Å². The molecule has 0 saturated heterocycles. The van der Waals surface area contributed by atoms with Crippen molar-refractivity contribution in [2.45, 2.75) is 24.6 Å². The lowest BCUT2D eigenvalue weighted by molar-refractivity contribution is 0.495. The molecule has 4 nitrogen and oxygen atoms in total. The first kappa shape index (κ1) is 15.0. The first-order chi connectivity index (χ1) is 9.43. The molecular formula is C15H20N2O2S. The molecule has 3 N–H and O–H groups in total. The van der Waals surface area contributed by atoms with E-state index in [1.54, 1.807) is 6.92 Å². The van der Waals surface area contributed by atoms with Crippen LogP contribution in [0, 0.1) is 0 Å². The molecule has 0 amide bonds. The first-order valence-corrected chi connectivity index (χ1v) is 8.50. The first-order valence-electron chi connectivity index (χ1n) is 6.55. The Morgan fingerprint density at radius 1 is 1.15 bits per heavy atom. The number of nitrogens with one attached hydrogen (secondary N) is 1. The van der Waals surface area contributed by atoms with Crippen LogP contribution in [0.25, 0.3) is 10.8 Å². The minimum absolute atomic E-state index is 0.309. The number of rotatable bonds is 5. The zero-order chi connectivity index (χ0) is 14.8. The van der Waals surface area contributed by atoms with Crippen molar-refractivity contribution < 1.29 is 8.42 Å². The normalized spacial score (nSPS) is 15.2. The van der Waals surface area contributed by atoms with E-state index in [-0.39, 0.29) is 6.04 Å². The van der Waals surface area contributed by atoms with Crippen LogP contribution < -0.4 is 11.3 Å². The van der Waals surface area contributed by atoms with Gasteiger partial charge < -0.3 is 0 Å². The maximum Gasteiger partial charge on any atom is 0.151 e. The zero-order valence-corrected chi connectivity index (χ0v) is 12.5. The SMILES string of the molecule is CC(C(Cc1cccc2ccccc12)NN)S(C)(=O)=O. The Labute approximate surface area is 119 Å². The number of hydrogen-bond donors (Lipinski definition) is 2. The van der Waals surface area contributed by atoms with E-state index in [1.807, 2.05) is 42.5 Å². The van der Waals surface area contributed by atoms with Crippen molar-refractivity contribution in [1.82, 2.24) is 5.43 Å². The average Bonchev–Trinajstić information content (AvgIpc) is 2.43. The second kappa shape index (κ2) is 5.91. The lowest BCUT2D eigenvalue weighted by atomic mass is 9.98. The molecule has 0 heterocycles. The summed E-state index contributed by atoms with van der Waals surface area (Å²) in [7, 11) is -3.13. The van der Waals surface area contributed by atoms with Gasteiger partial charge in [-0.2, -0.15) is 0 Å². The largest absolute Gasteiger partial charge is 0.271 e. The van der Waals surface area contributed by atoms with Gasteiger partial charge in [0, 0.05) is 12.3 Å². The van der Waals surface area contributed by atoms with E-state index in [9.17, 15) is 8.42 Å². The van der Waals surface area contributed by atoms with E-state index in [0.29, 0.717) is 6.42 Å². The van der Waals surface area contributed by atoms with Crippen LogP contribution in [0.15, 0.2) is 42.5 Å². The monoisotopic (exact) mass is 292 g/mol. The number of hydrogen-bond acceptors (Lipinski definition) is 4. The summed E-state index contributed by atoms with van der Waals surface area (Å²) in [5.41, 5.74) is 3.74. The molecule has 20 heavy (non-hydrogen) atoms. The minimum atomic E-state index is -3.13. The third-order valence-electron chi connectivity index (χ3n) is 3.78. The van der Waals surface area contributed by atoms with E-state index >= 15 is 0 Å². The molecule has 0 aliphatic heterocycles. The molecule has 0 saturated carbocycles. The summed E-state index contributed by atoms with van der Waals surface area (Å²) in [6.07, 6.45) is 1.82. The number of sulfone groups is 1. The molecule has 0 fully saturated rings. The van der Waals surface area contributed by atoms with Gasteiger partial charge >= 0.3 is 0 Å². The highest BCUT2D eigenvalue weighted by Gasteiger charge is 2.25. The van der Waals surface area contributed by atoms with Crippen molar-refractivity contribution in [3.8, 4) is 0 Å². The highest BCUT2D eigenvalue weighted by Crippen LogP contribution is 2.21. The molecule has 0 spiro atoms. The molecule has 2 rings (SSSR count). The second-order valence-corrected chi connectivity index (χ2v) is 7.55. The van der Waals surface area contributed by atoms with Crippen LogP contribution >= 0.6 is 0 Å². The van der Waals surface area contributed by atoms with E-state index in [4.69, 9.17) is 5.84 Å². The van der Waals surface area contributed by atoms with Gasteiger partial charge in [0.1, 0.15) is 0 Å². The number of hydrazine groups is 1. The summed E-state index contributed by atoms with van der Waals surface area (Å²) >= 11 is 0. The Kier molecular flexibility index (Phi) is 4.42. The Bertz CT molecular complexity index is 693. The second-order valence-electron chi connectivity index (χ2n) is 5.15. The van der Waals surface area contributed by atoms with Gasteiger partial charge in [-0.25, -0.2) is 8.42 Å². The third-order valence-corrected chi connectivity index (χ3v) is 5.46. The van der Waals surface area contributed by atoms with Gasteiger partial charge in [0.25, 0.3) is 0 Å². The molecule has 0 aliphatic rings. The highest BCUT2D eigenvalue weighted by molar-refractivity contribution is 7.91. The van der Waals surface area contributed by atoms with Crippen molar-refractivity contribution in [2.24, 2.45) is 5.84 Å². The highest BCUT2D eigenvalue weighted by atomic mass is 32.2. The van der Waals surface area contributed by atoms with Crippen molar-refractivity contribution in [3.63, 3.8) is 0 Å². The molecular weight excluding hydrogens is 272 g/mol. The van der Waals surface area contributed by atoms with Gasteiger partial charge in [-0.1, -0.05) is 42.5 Å². The molecule has 108 valence electrons. The van der Waals surface area contributed by atoms with Crippen LogP contribution in [-0.2, 0) is 16.3 Å². The molecule has 2 aromatic rings. The topological polar surface area (TPSA) is 72.2 Å². The van der Waals surface area contributed by atoms with Crippen molar-refractivity contribution in [3.05, 3.63) is 48.0 Å². The Hall–Kier alpha value is -1.43. The van der Waals surface area contributed by atoms with Crippen LogP contribution in [0.1, 0.15) is 12.5 Å². The molecule has 2 aromatic carbocycles. The van der Waals surface area contributed by atoms with E-state index in [0.717, 1.165) is 16.3 Å². The van der Waals surface area contributed by atoms with Crippen LogP contribution in [0.5, 0.6) is 0 Å². The Balaban J connectivity index is 2.35. The zero-order valence-electron chi connectivity index (χ0n) is 11.7. The van der Waals surface area contributed by atoms with Crippen molar-refractivity contribution in [2.75, 3.05) is 6.26 Å². The van der Waals surface area contributed by atoms with Crippen molar-refractivity contribution >= 4 is 20.6 Å². The van der Waals surface area contributed by atoms with Crippen molar-refractivity contribution in [1.29, 1.82) is 0 Å². The fraction of sp³-hybridized carbons (Fsp3) is 0.333. The lowest BCUT2D eigenvalue weighted by Crippen LogP contribution is -2.47. The molecule has 0 radical (unpaired) electrons. The molecule has 0 aromatic heterocycles. The van der Waals surface area contributed by atoms with Crippen LogP contribution in [-0.4, -0.2) is 26.0 Å². The standard InChI is InChI=1S/C15H20N2O2S/c1-11(20(2,18)19)15(17-16)10-13-8-5-7-12-6-3-4-9-14(12)13/h3-9,11,15,17H,10,16H2,1-2H3. The molecule has 0 bridgehead atoms.